The molecule has 0 saturated carbocycles. The van der Waals surface area contributed by atoms with Gasteiger partial charge in [-0.05, 0) is 31.9 Å². The summed E-state index contributed by atoms with van der Waals surface area (Å²) in [6, 6.07) is 4.20. The van der Waals surface area contributed by atoms with Crippen molar-refractivity contribution in [1.29, 1.82) is 0 Å². The lowest BCUT2D eigenvalue weighted by atomic mass is 10.2. The maximum atomic E-state index is 5.77. The second-order valence-electron chi connectivity index (χ2n) is 5.61. The Morgan fingerprint density at radius 2 is 2.38 bits per heavy atom. The van der Waals surface area contributed by atoms with E-state index in [1.54, 1.807) is 0 Å². The van der Waals surface area contributed by atoms with Crippen molar-refractivity contribution in [3.63, 3.8) is 0 Å². The summed E-state index contributed by atoms with van der Waals surface area (Å²) in [4.78, 5) is 0. The number of aryl methyl sites for hydroxylation is 1. The van der Waals surface area contributed by atoms with Crippen molar-refractivity contribution in [2.24, 2.45) is 0 Å². The van der Waals surface area contributed by atoms with Crippen molar-refractivity contribution in [1.82, 2.24) is 9.78 Å². The monoisotopic (exact) mass is 289 g/mol. The third-order valence-electron chi connectivity index (χ3n) is 3.89. The summed E-state index contributed by atoms with van der Waals surface area (Å²) in [7, 11) is 0. The van der Waals surface area contributed by atoms with Crippen molar-refractivity contribution in [2.45, 2.75) is 51.8 Å². The average molecular weight is 289 g/mol. The molecule has 3 rings (SSSR count). The van der Waals surface area contributed by atoms with Gasteiger partial charge in [0.2, 0.25) is 0 Å². The molecule has 21 heavy (non-hydrogen) atoms. The minimum absolute atomic E-state index is 0.130. The molecule has 2 atom stereocenters. The topological polar surface area (TPSA) is 52.2 Å². The SMILES string of the molecule is CCc1ccc([C@H](C)Nc2cnn(C[C@@H]3CCCO3)c2)o1. The van der Waals surface area contributed by atoms with Crippen LogP contribution in [0.3, 0.4) is 0 Å². The van der Waals surface area contributed by atoms with Gasteiger partial charge in [-0.25, -0.2) is 0 Å². The van der Waals surface area contributed by atoms with Gasteiger partial charge in [0.05, 0.1) is 30.6 Å². The van der Waals surface area contributed by atoms with Gasteiger partial charge in [0, 0.05) is 19.2 Å². The van der Waals surface area contributed by atoms with Crippen molar-refractivity contribution < 1.29 is 9.15 Å². The zero-order valence-electron chi connectivity index (χ0n) is 12.7. The van der Waals surface area contributed by atoms with Gasteiger partial charge in [-0.15, -0.1) is 0 Å². The number of nitrogens with one attached hydrogen (secondary N) is 1. The first-order valence-corrected chi connectivity index (χ1v) is 7.74. The van der Waals surface area contributed by atoms with Gasteiger partial charge in [0.15, 0.2) is 0 Å². The summed E-state index contributed by atoms with van der Waals surface area (Å²) in [6.45, 7) is 5.90. The largest absolute Gasteiger partial charge is 0.464 e. The van der Waals surface area contributed by atoms with Crippen LogP contribution in [0.5, 0.6) is 0 Å². The minimum atomic E-state index is 0.130. The van der Waals surface area contributed by atoms with Gasteiger partial charge in [0.25, 0.3) is 0 Å². The molecule has 2 aromatic rings. The number of rotatable bonds is 6. The maximum Gasteiger partial charge on any atom is 0.126 e. The molecular weight excluding hydrogens is 266 g/mol. The molecule has 1 N–H and O–H groups in total. The van der Waals surface area contributed by atoms with Crippen LogP contribution in [0.2, 0.25) is 0 Å². The summed E-state index contributed by atoms with van der Waals surface area (Å²) in [5, 5.41) is 7.81. The molecule has 0 aliphatic carbocycles. The lowest BCUT2D eigenvalue weighted by molar-refractivity contribution is 0.0940. The number of aromatic nitrogens is 2. The van der Waals surface area contributed by atoms with Crippen LogP contribution in [-0.4, -0.2) is 22.5 Å². The summed E-state index contributed by atoms with van der Waals surface area (Å²) < 4.78 is 13.4. The van der Waals surface area contributed by atoms with Crippen LogP contribution in [0.15, 0.2) is 28.9 Å². The molecule has 1 fully saturated rings. The third-order valence-corrected chi connectivity index (χ3v) is 3.89. The van der Waals surface area contributed by atoms with Gasteiger partial charge < -0.3 is 14.5 Å². The lowest BCUT2D eigenvalue weighted by Crippen LogP contribution is -2.15. The van der Waals surface area contributed by atoms with Crippen molar-refractivity contribution in [2.75, 3.05) is 11.9 Å². The Bertz CT molecular complexity index is 570. The molecule has 5 heteroatoms. The number of ether oxygens (including phenoxy) is 1. The summed E-state index contributed by atoms with van der Waals surface area (Å²) in [5.41, 5.74) is 1.01. The second kappa shape index (κ2) is 6.35. The molecule has 1 aliphatic heterocycles. The fraction of sp³-hybridized carbons (Fsp3) is 0.562. The number of anilines is 1. The van der Waals surface area contributed by atoms with Crippen molar-refractivity contribution in [3.8, 4) is 0 Å². The Kier molecular flexibility index (Phi) is 4.29. The third kappa shape index (κ3) is 3.47. The fourth-order valence-electron chi connectivity index (χ4n) is 2.67. The Morgan fingerprint density at radius 1 is 1.48 bits per heavy atom. The normalized spacial score (nSPS) is 19.8. The Labute approximate surface area is 125 Å². The molecule has 0 spiro atoms. The van der Waals surface area contributed by atoms with E-state index in [9.17, 15) is 0 Å². The van der Waals surface area contributed by atoms with Crippen LogP contribution in [0, 0.1) is 0 Å². The minimum Gasteiger partial charge on any atom is -0.464 e. The fourth-order valence-corrected chi connectivity index (χ4v) is 2.67. The number of hydrogen-bond donors (Lipinski definition) is 1. The molecule has 114 valence electrons. The van der Waals surface area contributed by atoms with Crippen molar-refractivity contribution >= 4 is 5.69 Å². The van der Waals surface area contributed by atoms with Crippen LogP contribution in [0.4, 0.5) is 5.69 Å². The standard InChI is InChI=1S/C16H23N3O2/c1-3-14-6-7-16(21-14)12(2)18-13-9-17-19(10-13)11-15-5-4-8-20-15/h6-7,9-10,12,15,18H,3-5,8,11H2,1-2H3/t12-,15-/m0/s1. The lowest BCUT2D eigenvalue weighted by Gasteiger charge is -2.11. The highest BCUT2D eigenvalue weighted by Gasteiger charge is 2.17. The van der Waals surface area contributed by atoms with Gasteiger partial charge in [-0.2, -0.15) is 5.10 Å². The zero-order chi connectivity index (χ0) is 14.7. The highest BCUT2D eigenvalue weighted by Crippen LogP contribution is 2.22. The van der Waals surface area contributed by atoms with Gasteiger partial charge in [-0.3, -0.25) is 4.68 Å². The van der Waals surface area contributed by atoms with Gasteiger partial charge >= 0.3 is 0 Å². The van der Waals surface area contributed by atoms with E-state index in [1.807, 2.05) is 29.2 Å². The van der Waals surface area contributed by atoms with E-state index in [2.05, 4.69) is 24.3 Å². The molecule has 0 amide bonds. The van der Waals surface area contributed by atoms with Gasteiger partial charge in [0.1, 0.15) is 11.5 Å². The van der Waals surface area contributed by atoms with E-state index in [-0.39, 0.29) is 6.04 Å². The summed E-state index contributed by atoms with van der Waals surface area (Å²) in [5.74, 6) is 1.98. The number of nitrogens with zero attached hydrogens (tertiary/aromatic N) is 2. The Balaban J connectivity index is 1.58. The van der Waals surface area contributed by atoms with E-state index in [4.69, 9.17) is 9.15 Å². The first-order valence-electron chi connectivity index (χ1n) is 7.74. The predicted octanol–water partition coefficient (Wildman–Crippen LogP) is 3.39. The highest BCUT2D eigenvalue weighted by molar-refractivity contribution is 5.40. The number of hydrogen-bond acceptors (Lipinski definition) is 4. The summed E-state index contributed by atoms with van der Waals surface area (Å²) in [6.07, 6.45) is 7.41. The molecule has 5 nitrogen and oxygen atoms in total. The molecular formula is C16H23N3O2. The Morgan fingerprint density at radius 3 is 3.10 bits per heavy atom. The first kappa shape index (κ1) is 14.2. The highest BCUT2D eigenvalue weighted by atomic mass is 16.5. The maximum absolute atomic E-state index is 5.77. The molecule has 3 heterocycles. The van der Waals surface area contributed by atoms with Crippen LogP contribution < -0.4 is 5.32 Å². The average Bonchev–Trinajstić information content (AvgIpc) is 3.20. The molecule has 0 radical (unpaired) electrons. The van der Waals surface area contributed by atoms with Crippen molar-refractivity contribution in [3.05, 3.63) is 36.0 Å². The van der Waals surface area contributed by atoms with E-state index >= 15 is 0 Å². The summed E-state index contributed by atoms with van der Waals surface area (Å²) >= 11 is 0. The zero-order valence-corrected chi connectivity index (χ0v) is 12.7. The van der Waals surface area contributed by atoms with Crippen LogP contribution in [0.1, 0.15) is 44.3 Å². The van der Waals surface area contributed by atoms with E-state index < -0.39 is 0 Å². The number of furan rings is 1. The van der Waals surface area contributed by atoms with Crippen LogP contribution in [0.25, 0.3) is 0 Å². The molecule has 1 aliphatic rings. The van der Waals surface area contributed by atoms with Crippen LogP contribution >= 0.6 is 0 Å². The molecule has 1 saturated heterocycles. The van der Waals surface area contributed by atoms with E-state index in [0.717, 1.165) is 49.6 Å². The Hall–Kier alpha value is -1.75. The second-order valence-corrected chi connectivity index (χ2v) is 5.61. The van der Waals surface area contributed by atoms with Crippen LogP contribution in [-0.2, 0) is 17.7 Å². The van der Waals surface area contributed by atoms with E-state index in [1.165, 1.54) is 0 Å². The smallest absolute Gasteiger partial charge is 0.126 e. The molecule has 2 aromatic heterocycles. The molecule has 0 bridgehead atoms. The molecule has 0 aromatic carbocycles. The predicted molar refractivity (Wildman–Crippen MR) is 81.3 cm³/mol. The quantitative estimate of drug-likeness (QED) is 0.885. The van der Waals surface area contributed by atoms with Gasteiger partial charge in [-0.1, -0.05) is 6.92 Å². The van der Waals surface area contributed by atoms with E-state index in [0.29, 0.717) is 6.10 Å². The first-order chi connectivity index (χ1) is 10.2. The molecule has 0 unspecified atom stereocenters.